The van der Waals surface area contributed by atoms with Crippen LogP contribution >= 0.6 is 0 Å². The fraction of sp³-hybridized carbons (Fsp3) is 1.00. The van der Waals surface area contributed by atoms with Crippen molar-refractivity contribution in [1.29, 1.82) is 0 Å². The second-order valence-corrected chi connectivity index (χ2v) is 2.86. The average molecular weight is 146 g/mol. The van der Waals surface area contributed by atoms with Gasteiger partial charge in [0, 0.05) is 0 Å². The van der Waals surface area contributed by atoms with Crippen LogP contribution in [0.5, 0.6) is 0 Å². The van der Waals surface area contributed by atoms with Crippen molar-refractivity contribution in [2.24, 2.45) is 0 Å². The van der Waals surface area contributed by atoms with Crippen molar-refractivity contribution >= 4 is 0 Å². The molecule has 1 aliphatic rings. The third kappa shape index (κ3) is 1.67. The topological polar surface area (TPSA) is 50.6 Å². The largest absolute Gasteiger partial charge is 0.634 e. The summed E-state index contributed by atoms with van der Waals surface area (Å²) >= 11 is 0. The third-order valence-corrected chi connectivity index (χ3v) is 2.17. The lowest BCUT2D eigenvalue weighted by molar-refractivity contribution is -0.977. The molecule has 4 nitrogen and oxygen atoms in total. The number of piperazine rings is 1. The van der Waals surface area contributed by atoms with E-state index < -0.39 is 0 Å². The Kier molecular flexibility index (Phi) is 2.25. The lowest BCUT2D eigenvalue weighted by atomic mass is 10.3. The number of rotatable bonds is 1. The predicted molar refractivity (Wildman–Crippen MR) is 38.0 cm³/mol. The molecule has 1 aliphatic heterocycles. The molecule has 0 amide bonds. The second kappa shape index (κ2) is 2.84. The quantitative estimate of drug-likeness (QED) is 0.370. The van der Waals surface area contributed by atoms with Gasteiger partial charge in [0.1, 0.15) is 26.2 Å². The molecule has 1 heterocycles. The van der Waals surface area contributed by atoms with Gasteiger partial charge in [-0.25, -0.2) is 0 Å². The smallest absolute Gasteiger partial charge is 0.129 e. The van der Waals surface area contributed by atoms with Gasteiger partial charge in [-0.2, -0.15) is 0 Å². The number of quaternary nitrogens is 2. The molecule has 0 aliphatic carbocycles. The molecule has 1 N–H and O–H groups in total. The summed E-state index contributed by atoms with van der Waals surface area (Å²) in [5.74, 6) is 0. The van der Waals surface area contributed by atoms with Gasteiger partial charge in [0.2, 0.25) is 0 Å². The van der Waals surface area contributed by atoms with E-state index in [4.69, 9.17) is 0 Å². The predicted octanol–water partition coefficient (Wildman–Crippen LogP) is -1.28. The van der Waals surface area contributed by atoms with E-state index in [1.54, 1.807) is 0 Å². The van der Waals surface area contributed by atoms with Crippen LogP contribution < -0.4 is 5.06 Å². The van der Waals surface area contributed by atoms with Gasteiger partial charge < -0.3 is 20.1 Å². The molecule has 1 saturated heterocycles. The summed E-state index contributed by atoms with van der Waals surface area (Å²) in [6, 6.07) is 0. The van der Waals surface area contributed by atoms with Crippen molar-refractivity contribution in [2.75, 3.05) is 32.7 Å². The summed E-state index contributed by atoms with van der Waals surface area (Å²) < 4.78 is -0.161. The van der Waals surface area contributed by atoms with Gasteiger partial charge in [0.05, 0.1) is 6.54 Å². The van der Waals surface area contributed by atoms with Crippen molar-refractivity contribution in [3.63, 3.8) is 0 Å². The highest BCUT2D eigenvalue weighted by molar-refractivity contribution is 4.46. The van der Waals surface area contributed by atoms with Crippen LogP contribution in [-0.2, 0) is 0 Å². The van der Waals surface area contributed by atoms with Gasteiger partial charge in [-0.3, -0.25) is 0 Å². The van der Waals surface area contributed by atoms with Crippen LogP contribution in [0.4, 0.5) is 0 Å². The van der Waals surface area contributed by atoms with Crippen LogP contribution in [0.3, 0.4) is 0 Å². The van der Waals surface area contributed by atoms with E-state index in [1.807, 2.05) is 6.92 Å². The van der Waals surface area contributed by atoms with Crippen molar-refractivity contribution in [3.8, 4) is 0 Å². The Morgan fingerprint density at radius 3 is 2.30 bits per heavy atom. The molecule has 60 valence electrons. The maximum atomic E-state index is 11.4. The molecule has 0 saturated carbocycles. The molecule has 0 unspecified atom stereocenters. The Balaban J connectivity index is 2.38. The zero-order valence-electron chi connectivity index (χ0n) is 6.30. The first-order chi connectivity index (χ1) is 4.66. The Morgan fingerprint density at radius 1 is 1.40 bits per heavy atom. The minimum Gasteiger partial charge on any atom is -0.634 e. The fourth-order valence-electron chi connectivity index (χ4n) is 1.21. The average Bonchev–Trinajstić information content (AvgIpc) is 1.96. The van der Waals surface area contributed by atoms with Gasteiger partial charge in [0.25, 0.3) is 0 Å². The normalized spacial score (nSPS) is 41.7. The Labute approximate surface area is 60.8 Å². The molecule has 0 aromatic carbocycles. The fourth-order valence-corrected chi connectivity index (χ4v) is 1.21. The van der Waals surface area contributed by atoms with E-state index in [0.29, 0.717) is 32.7 Å². The highest BCUT2D eigenvalue weighted by Crippen LogP contribution is 2.02. The van der Waals surface area contributed by atoms with Crippen molar-refractivity contribution in [3.05, 3.63) is 10.4 Å². The summed E-state index contributed by atoms with van der Waals surface area (Å²) in [5, 5.41) is 22.4. The van der Waals surface area contributed by atoms with Crippen molar-refractivity contribution < 1.29 is 9.71 Å². The number of nitrogens with one attached hydrogen (secondary N) is 1. The molecule has 0 atom stereocenters. The van der Waals surface area contributed by atoms with E-state index in [-0.39, 0.29) is 9.71 Å². The summed E-state index contributed by atoms with van der Waals surface area (Å²) in [6.45, 7) is 4.44. The molecular weight excluding hydrogens is 132 g/mol. The molecule has 0 spiro atoms. The summed E-state index contributed by atoms with van der Waals surface area (Å²) in [4.78, 5) is 0. The van der Waals surface area contributed by atoms with Gasteiger partial charge in [-0.05, 0) is 6.92 Å². The molecule has 0 radical (unpaired) electrons. The molecule has 4 heteroatoms. The summed E-state index contributed by atoms with van der Waals surface area (Å²) in [5.41, 5.74) is 0. The number of hydrogen-bond acceptors (Lipinski definition) is 2. The minimum atomic E-state index is -0.161. The van der Waals surface area contributed by atoms with E-state index >= 15 is 0 Å². The highest BCUT2D eigenvalue weighted by atomic mass is 16.6. The molecule has 1 rings (SSSR count). The Morgan fingerprint density at radius 2 is 1.90 bits per heavy atom. The SMILES string of the molecule is CC[N+]1([O-])CC[NH+]([O-])CC1. The monoisotopic (exact) mass is 146 g/mol. The molecule has 1 fully saturated rings. The van der Waals surface area contributed by atoms with E-state index in [0.717, 1.165) is 0 Å². The first-order valence-corrected chi connectivity index (χ1v) is 3.75. The van der Waals surface area contributed by atoms with Gasteiger partial charge in [-0.1, -0.05) is 0 Å². The van der Waals surface area contributed by atoms with Gasteiger partial charge >= 0.3 is 0 Å². The molecule has 10 heavy (non-hydrogen) atoms. The van der Waals surface area contributed by atoms with Gasteiger partial charge in [-0.15, -0.1) is 0 Å². The third-order valence-electron chi connectivity index (χ3n) is 2.17. The van der Waals surface area contributed by atoms with Crippen LogP contribution in [0.15, 0.2) is 0 Å². The van der Waals surface area contributed by atoms with Crippen LogP contribution in [-0.4, -0.2) is 37.4 Å². The van der Waals surface area contributed by atoms with Crippen LogP contribution in [0.2, 0.25) is 0 Å². The number of hydrogen-bond donors (Lipinski definition) is 1. The highest BCUT2D eigenvalue weighted by Gasteiger charge is 2.22. The van der Waals surface area contributed by atoms with E-state index in [2.05, 4.69) is 0 Å². The molecule has 0 aromatic heterocycles. The summed E-state index contributed by atoms with van der Waals surface area (Å²) in [6.07, 6.45) is 0. The lowest BCUT2D eigenvalue weighted by Gasteiger charge is -2.46. The minimum absolute atomic E-state index is 0.161. The zero-order valence-corrected chi connectivity index (χ0v) is 6.30. The number of nitrogens with zero attached hydrogens (tertiary/aromatic N) is 1. The Hall–Kier alpha value is -0.160. The second-order valence-electron chi connectivity index (χ2n) is 2.86. The Bertz CT molecular complexity index is 110. The van der Waals surface area contributed by atoms with E-state index in [1.165, 1.54) is 0 Å². The maximum absolute atomic E-state index is 11.4. The lowest BCUT2D eigenvalue weighted by Crippen LogP contribution is -3.11. The molecule has 0 aromatic rings. The number of hydroxylamine groups is 5. The molecular formula is C6H14N2O2. The van der Waals surface area contributed by atoms with E-state index in [9.17, 15) is 10.4 Å². The zero-order chi connectivity index (χ0) is 7.61. The maximum Gasteiger partial charge on any atom is 0.129 e. The summed E-state index contributed by atoms with van der Waals surface area (Å²) in [7, 11) is 0. The van der Waals surface area contributed by atoms with Gasteiger partial charge in [0.15, 0.2) is 0 Å². The van der Waals surface area contributed by atoms with Crippen LogP contribution in [0.25, 0.3) is 0 Å². The first-order valence-electron chi connectivity index (χ1n) is 3.75. The van der Waals surface area contributed by atoms with Crippen molar-refractivity contribution in [2.45, 2.75) is 6.92 Å². The molecule has 0 bridgehead atoms. The first kappa shape index (κ1) is 7.94. The van der Waals surface area contributed by atoms with Crippen molar-refractivity contribution in [1.82, 2.24) is 0 Å². The number of likely N-dealkylation sites (N-methyl/N-ethyl adjacent to an activating group) is 1. The van der Waals surface area contributed by atoms with Crippen LogP contribution in [0.1, 0.15) is 6.92 Å². The standard InChI is InChI=1S/C6H14N2O2/c1-2-8(10)5-3-7(9)4-6-8/h7H,2-6H2,1H3. The van der Waals surface area contributed by atoms with Crippen LogP contribution in [0, 0.1) is 10.4 Å².